The third kappa shape index (κ3) is 5.20. The number of aromatic amines is 1. The summed E-state index contributed by atoms with van der Waals surface area (Å²) < 4.78 is 39.3. The first-order valence-electron chi connectivity index (χ1n) is 10.3. The van der Waals surface area contributed by atoms with E-state index in [4.69, 9.17) is 15.2 Å². The van der Waals surface area contributed by atoms with Crippen molar-refractivity contribution in [3.05, 3.63) is 65.5 Å². The van der Waals surface area contributed by atoms with Gasteiger partial charge in [-0.1, -0.05) is 6.07 Å². The van der Waals surface area contributed by atoms with E-state index in [1.165, 1.54) is 38.7 Å². The predicted molar refractivity (Wildman–Crippen MR) is 125 cm³/mol. The van der Waals surface area contributed by atoms with E-state index in [-0.39, 0.29) is 39.5 Å². The van der Waals surface area contributed by atoms with Gasteiger partial charge in [-0.3, -0.25) is 14.8 Å². The fourth-order valence-corrected chi connectivity index (χ4v) is 3.32. The molecule has 0 radical (unpaired) electrons. The number of carboxylic acid groups (broad SMARTS) is 1. The Kier molecular flexibility index (Phi) is 8.07. The van der Waals surface area contributed by atoms with Crippen molar-refractivity contribution >= 4 is 22.9 Å². The molecule has 0 saturated heterocycles. The topological polar surface area (TPSA) is 165 Å². The van der Waals surface area contributed by atoms with E-state index in [2.05, 4.69) is 25.3 Å². The lowest BCUT2D eigenvalue weighted by Gasteiger charge is -2.14. The highest BCUT2D eigenvalue weighted by atomic mass is 19.1. The first-order valence-corrected chi connectivity index (χ1v) is 10.3. The maximum Gasteiger partial charge on any atom is 0.337 e. The van der Waals surface area contributed by atoms with Gasteiger partial charge in [0.15, 0.2) is 29.0 Å². The third-order valence-corrected chi connectivity index (χ3v) is 4.93. The fraction of sp³-hybridized carbons (Fsp3) is 0.174. The van der Waals surface area contributed by atoms with Crippen LogP contribution in [0.1, 0.15) is 26.7 Å². The number of carbonyl (C=O) groups is 2. The quantitative estimate of drug-likeness (QED) is 0.298. The van der Waals surface area contributed by atoms with Crippen molar-refractivity contribution in [1.82, 2.24) is 25.3 Å². The summed E-state index contributed by atoms with van der Waals surface area (Å²) in [5, 5.41) is 12.2. The second-order valence-corrected chi connectivity index (χ2v) is 7.16. The first kappa shape index (κ1) is 26.0. The number of halogens is 2. The summed E-state index contributed by atoms with van der Waals surface area (Å²) in [5.74, 6) is -3.88. The molecule has 5 N–H and O–H groups in total. The number of methoxy groups -OCH3 is 2. The summed E-state index contributed by atoms with van der Waals surface area (Å²) in [5.41, 5.74) is 5.38. The zero-order valence-electron chi connectivity index (χ0n) is 19.4. The molecule has 0 unspecified atom stereocenters. The summed E-state index contributed by atoms with van der Waals surface area (Å²) in [7, 11) is 4.29. The van der Waals surface area contributed by atoms with Crippen molar-refractivity contribution in [1.29, 1.82) is 0 Å². The van der Waals surface area contributed by atoms with Crippen LogP contribution in [0.5, 0.6) is 11.5 Å². The predicted octanol–water partition coefficient (Wildman–Crippen LogP) is 2.52. The molecule has 0 fully saturated rings. The standard InChI is InChI=1S/C17H12F2N2O4.C6H10N4O/c1-24-10-7-11(25-2)14(19)12(13(10)18)8-3-4-9(17(22)23)16-15(8)20-5-6-21-16;1-8-2-4-3-9-6(10-4)5(7)11/h3-7H,1-2H3,(H,22,23);3,8H,2H2,1H3,(H2,7,11)(H,9,10). The number of hydrogen-bond acceptors (Lipinski definition) is 8. The molecule has 2 heterocycles. The Bertz CT molecular complexity index is 1400. The summed E-state index contributed by atoms with van der Waals surface area (Å²) in [6, 6.07) is 3.59. The molecule has 4 aromatic rings. The lowest BCUT2D eigenvalue weighted by Crippen LogP contribution is -2.13. The number of benzene rings is 2. The molecular weight excluding hydrogens is 478 g/mol. The monoisotopic (exact) mass is 500 g/mol. The number of amides is 1. The van der Waals surface area contributed by atoms with Crippen LogP contribution >= 0.6 is 0 Å². The number of carboxylic acids is 1. The number of primary amides is 1. The van der Waals surface area contributed by atoms with E-state index in [9.17, 15) is 23.5 Å². The van der Waals surface area contributed by atoms with E-state index in [1.54, 1.807) is 6.20 Å². The van der Waals surface area contributed by atoms with Crippen LogP contribution in [-0.2, 0) is 6.54 Å². The Labute approximate surface area is 203 Å². The Hall–Kier alpha value is -4.65. The number of nitrogens with one attached hydrogen (secondary N) is 2. The Balaban J connectivity index is 0.000000275. The molecule has 0 aliphatic heterocycles. The minimum Gasteiger partial charge on any atom is -0.494 e. The summed E-state index contributed by atoms with van der Waals surface area (Å²) >= 11 is 0. The number of carbonyl (C=O) groups excluding carboxylic acids is 1. The number of H-pyrrole nitrogens is 1. The Morgan fingerprint density at radius 3 is 2.17 bits per heavy atom. The Morgan fingerprint density at radius 1 is 1.06 bits per heavy atom. The van der Waals surface area contributed by atoms with Gasteiger partial charge in [0.2, 0.25) is 0 Å². The molecule has 0 aliphatic rings. The van der Waals surface area contributed by atoms with Gasteiger partial charge in [0.05, 0.1) is 37.1 Å². The van der Waals surface area contributed by atoms with Crippen LogP contribution in [0, 0.1) is 11.6 Å². The zero-order chi connectivity index (χ0) is 26.4. The van der Waals surface area contributed by atoms with Gasteiger partial charge < -0.3 is 30.6 Å². The van der Waals surface area contributed by atoms with Crippen molar-refractivity contribution < 1.29 is 33.0 Å². The molecule has 0 saturated carbocycles. The molecule has 4 rings (SSSR count). The van der Waals surface area contributed by atoms with Crippen molar-refractivity contribution in [3.8, 4) is 22.6 Å². The molecule has 0 bridgehead atoms. The molecule has 0 spiro atoms. The third-order valence-electron chi connectivity index (χ3n) is 4.93. The largest absolute Gasteiger partial charge is 0.494 e. The lowest BCUT2D eigenvalue weighted by atomic mass is 9.99. The second kappa shape index (κ2) is 11.2. The first-order chi connectivity index (χ1) is 17.2. The summed E-state index contributed by atoms with van der Waals surface area (Å²) in [6.07, 6.45) is 4.19. The number of hydrogen-bond donors (Lipinski definition) is 4. The van der Waals surface area contributed by atoms with Crippen molar-refractivity contribution in [2.24, 2.45) is 5.73 Å². The van der Waals surface area contributed by atoms with Crippen molar-refractivity contribution in [2.45, 2.75) is 6.54 Å². The van der Waals surface area contributed by atoms with Gasteiger partial charge in [0, 0.05) is 36.3 Å². The number of imidazole rings is 1. The van der Waals surface area contributed by atoms with E-state index in [0.717, 1.165) is 11.8 Å². The summed E-state index contributed by atoms with van der Waals surface area (Å²) in [6.45, 7) is 0.653. The maximum absolute atomic E-state index is 14.7. The number of nitrogens with two attached hydrogens (primary N) is 1. The van der Waals surface area contributed by atoms with Crippen LogP contribution in [0.2, 0.25) is 0 Å². The van der Waals surface area contributed by atoms with E-state index in [0.29, 0.717) is 6.54 Å². The van der Waals surface area contributed by atoms with Gasteiger partial charge in [0.1, 0.15) is 5.52 Å². The number of ether oxygens (including phenoxy) is 2. The minimum absolute atomic E-state index is 0.0214. The van der Waals surface area contributed by atoms with Crippen molar-refractivity contribution in [2.75, 3.05) is 21.3 Å². The van der Waals surface area contributed by atoms with Gasteiger partial charge in [-0.05, 0) is 13.1 Å². The van der Waals surface area contributed by atoms with Gasteiger partial charge in [-0.2, -0.15) is 0 Å². The van der Waals surface area contributed by atoms with Crippen LogP contribution in [0.3, 0.4) is 0 Å². The summed E-state index contributed by atoms with van der Waals surface area (Å²) in [4.78, 5) is 36.4. The minimum atomic E-state index is -1.22. The average molecular weight is 500 g/mol. The van der Waals surface area contributed by atoms with E-state index < -0.39 is 29.1 Å². The van der Waals surface area contributed by atoms with Crippen LogP contribution in [0.15, 0.2) is 36.8 Å². The highest BCUT2D eigenvalue weighted by Crippen LogP contribution is 2.40. The molecule has 188 valence electrons. The molecule has 36 heavy (non-hydrogen) atoms. The average Bonchev–Trinajstić information content (AvgIpc) is 3.34. The molecular formula is C23H22F2N6O5. The van der Waals surface area contributed by atoms with Crippen LogP contribution in [0.25, 0.3) is 22.2 Å². The van der Waals surface area contributed by atoms with Gasteiger partial charge in [-0.15, -0.1) is 0 Å². The number of rotatable bonds is 7. The number of nitrogens with zero attached hydrogens (tertiary/aromatic N) is 3. The van der Waals surface area contributed by atoms with E-state index >= 15 is 0 Å². The SMILES string of the molecule is CNCc1cnc(C(N)=O)[nH]1.COc1cc(OC)c(F)c(-c2ccc(C(=O)O)c3nccnc23)c1F. The fourth-order valence-electron chi connectivity index (χ4n) is 3.32. The van der Waals surface area contributed by atoms with Gasteiger partial charge in [0.25, 0.3) is 5.91 Å². The molecule has 0 atom stereocenters. The molecule has 0 aliphatic carbocycles. The van der Waals surface area contributed by atoms with Crippen molar-refractivity contribution in [3.63, 3.8) is 0 Å². The molecule has 2 aromatic carbocycles. The number of aromatic carboxylic acids is 1. The lowest BCUT2D eigenvalue weighted by molar-refractivity contribution is 0.0698. The molecule has 13 heteroatoms. The normalized spacial score (nSPS) is 10.5. The number of fused-ring (bicyclic) bond motifs is 1. The van der Waals surface area contributed by atoms with E-state index in [1.807, 2.05) is 7.05 Å². The van der Waals surface area contributed by atoms with Gasteiger partial charge >= 0.3 is 5.97 Å². The van der Waals surface area contributed by atoms with Crippen LogP contribution in [0.4, 0.5) is 8.78 Å². The molecule has 11 nitrogen and oxygen atoms in total. The van der Waals surface area contributed by atoms with Crippen LogP contribution in [-0.4, -0.2) is 58.2 Å². The van der Waals surface area contributed by atoms with Crippen LogP contribution < -0.4 is 20.5 Å². The van der Waals surface area contributed by atoms with Gasteiger partial charge in [-0.25, -0.2) is 18.6 Å². The molecule has 2 aromatic heterocycles. The second-order valence-electron chi connectivity index (χ2n) is 7.16. The highest BCUT2D eigenvalue weighted by molar-refractivity contribution is 6.05. The number of aromatic nitrogens is 4. The Morgan fingerprint density at radius 2 is 1.67 bits per heavy atom. The highest BCUT2D eigenvalue weighted by Gasteiger charge is 2.25. The zero-order valence-corrected chi connectivity index (χ0v) is 19.4. The maximum atomic E-state index is 14.7. The smallest absolute Gasteiger partial charge is 0.337 e. The molecule has 1 amide bonds.